The fraction of sp³-hybridized carbons (Fsp3) is 0.188. The Morgan fingerprint density at radius 1 is 1.10 bits per heavy atom. The molecule has 0 aliphatic rings. The molecule has 0 atom stereocenters. The summed E-state index contributed by atoms with van der Waals surface area (Å²) in [6, 6.07) is 13.6. The van der Waals surface area contributed by atoms with Crippen LogP contribution < -0.4 is 0 Å². The molecule has 0 heterocycles. The Morgan fingerprint density at radius 3 is 2.30 bits per heavy atom. The Bertz CT molecular complexity index is 580. The molecule has 0 saturated carbocycles. The number of ketones is 1. The van der Waals surface area contributed by atoms with Crippen LogP contribution in [0.4, 0.5) is 4.39 Å². The molecule has 0 spiro atoms. The zero-order chi connectivity index (χ0) is 14.5. The minimum Gasteiger partial charge on any atom is -0.295 e. The minimum atomic E-state index is -0.248. The van der Waals surface area contributed by atoms with E-state index in [4.69, 9.17) is 0 Å². The van der Waals surface area contributed by atoms with Crippen LogP contribution in [-0.4, -0.2) is 24.3 Å². The van der Waals surface area contributed by atoms with Gasteiger partial charge in [-0.1, -0.05) is 40.2 Å². The molecule has 104 valence electrons. The first-order valence-electron chi connectivity index (χ1n) is 6.26. The molecular formula is C16H15BrFNO. The van der Waals surface area contributed by atoms with E-state index in [2.05, 4.69) is 15.9 Å². The van der Waals surface area contributed by atoms with Gasteiger partial charge in [-0.05, 0) is 36.9 Å². The smallest absolute Gasteiger partial charge is 0.176 e. The van der Waals surface area contributed by atoms with Crippen LogP contribution in [-0.2, 0) is 6.54 Å². The zero-order valence-electron chi connectivity index (χ0n) is 11.1. The van der Waals surface area contributed by atoms with Crippen molar-refractivity contribution in [2.24, 2.45) is 0 Å². The third kappa shape index (κ3) is 4.25. The van der Waals surface area contributed by atoms with Crippen LogP contribution in [0.2, 0.25) is 0 Å². The topological polar surface area (TPSA) is 20.3 Å². The third-order valence-electron chi connectivity index (χ3n) is 2.95. The summed E-state index contributed by atoms with van der Waals surface area (Å²) in [6.07, 6.45) is 0. The first kappa shape index (κ1) is 14.9. The summed E-state index contributed by atoms with van der Waals surface area (Å²) in [7, 11) is 1.88. The molecule has 20 heavy (non-hydrogen) atoms. The number of Topliss-reactive ketones (excluding diaryl/α,β-unsaturated/α-hetero) is 1. The molecule has 2 nitrogen and oxygen atoms in total. The molecule has 0 aliphatic heterocycles. The number of halogens is 2. The molecule has 0 bridgehead atoms. The summed E-state index contributed by atoms with van der Waals surface area (Å²) in [6.45, 7) is 0.946. The quantitative estimate of drug-likeness (QED) is 0.772. The van der Waals surface area contributed by atoms with E-state index in [1.54, 1.807) is 24.3 Å². The highest BCUT2D eigenvalue weighted by Crippen LogP contribution is 2.12. The van der Waals surface area contributed by atoms with Gasteiger partial charge in [0.05, 0.1) is 6.54 Å². The van der Waals surface area contributed by atoms with Gasteiger partial charge in [0.15, 0.2) is 5.78 Å². The van der Waals surface area contributed by atoms with Crippen molar-refractivity contribution in [2.75, 3.05) is 13.6 Å². The van der Waals surface area contributed by atoms with Crippen LogP contribution in [0.15, 0.2) is 53.0 Å². The van der Waals surface area contributed by atoms with Gasteiger partial charge in [-0.25, -0.2) is 4.39 Å². The van der Waals surface area contributed by atoms with Crippen molar-refractivity contribution in [1.82, 2.24) is 4.90 Å². The van der Waals surface area contributed by atoms with E-state index in [9.17, 15) is 9.18 Å². The van der Waals surface area contributed by atoms with E-state index in [1.165, 1.54) is 12.1 Å². The highest BCUT2D eigenvalue weighted by atomic mass is 79.9. The monoisotopic (exact) mass is 335 g/mol. The molecule has 0 amide bonds. The number of benzene rings is 2. The Balaban J connectivity index is 1.93. The zero-order valence-corrected chi connectivity index (χ0v) is 12.7. The minimum absolute atomic E-state index is 0.0714. The summed E-state index contributed by atoms with van der Waals surface area (Å²) in [5.74, 6) is -0.176. The Kier molecular flexibility index (Phi) is 5.04. The van der Waals surface area contributed by atoms with Gasteiger partial charge in [0.1, 0.15) is 5.82 Å². The molecule has 0 saturated heterocycles. The average Bonchev–Trinajstić information content (AvgIpc) is 2.42. The summed E-state index contributed by atoms with van der Waals surface area (Å²) >= 11 is 3.34. The van der Waals surface area contributed by atoms with Crippen molar-refractivity contribution < 1.29 is 9.18 Å². The summed E-state index contributed by atoms with van der Waals surface area (Å²) in [4.78, 5) is 14.0. The second-order valence-corrected chi connectivity index (χ2v) is 5.64. The molecular weight excluding hydrogens is 321 g/mol. The lowest BCUT2D eigenvalue weighted by Gasteiger charge is -2.15. The molecule has 0 aromatic heterocycles. The number of hydrogen-bond acceptors (Lipinski definition) is 2. The van der Waals surface area contributed by atoms with Gasteiger partial charge in [0.25, 0.3) is 0 Å². The predicted octanol–water partition coefficient (Wildman–Crippen LogP) is 3.90. The van der Waals surface area contributed by atoms with Crippen LogP contribution in [0.5, 0.6) is 0 Å². The Labute approximate surface area is 126 Å². The summed E-state index contributed by atoms with van der Waals surface area (Å²) in [5.41, 5.74) is 1.68. The molecule has 2 aromatic rings. The SMILES string of the molecule is CN(CC(=O)c1ccc(Br)cc1)Cc1ccc(F)cc1. The Morgan fingerprint density at radius 2 is 1.70 bits per heavy atom. The van der Waals surface area contributed by atoms with Gasteiger partial charge in [-0.15, -0.1) is 0 Å². The second kappa shape index (κ2) is 6.77. The van der Waals surface area contributed by atoms with Gasteiger partial charge < -0.3 is 0 Å². The number of likely N-dealkylation sites (N-methyl/N-ethyl adjacent to an activating group) is 1. The number of rotatable bonds is 5. The van der Waals surface area contributed by atoms with E-state index in [1.807, 2.05) is 24.1 Å². The molecule has 4 heteroatoms. The average molecular weight is 336 g/mol. The molecule has 0 N–H and O–H groups in total. The second-order valence-electron chi connectivity index (χ2n) is 4.73. The number of carbonyl (C=O) groups excluding carboxylic acids is 1. The number of nitrogens with zero attached hydrogens (tertiary/aromatic N) is 1. The van der Waals surface area contributed by atoms with Crippen molar-refractivity contribution in [3.8, 4) is 0 Å². The summed E-state index contributed by atoms with van der Waals surface area (Å²) < 4.78 is 13.8. The third-order valence-corrected chi connectivity index (χ3v) is 3.47. The number of hydrogen-bond donors (Lipinski definition) is 0. The largest absolute Gasteiger partial charge is 0.295 e. The van der Waals surface area contributed by atoms with E-state index in [-0.39, 0.29) is 11.6 Å². The maximum Gasteiger partial charge on any atom is 0.176 e. The van der Waals surface area contributed by atoms with Crippen molar-refractivity contribution in [1.29, 1.82) is 0 Å². The standard InChI is InChI=1S/C16H15BrFNO/c1-19(10-12-2-8-15(18)9-3-12)11-16(20)13-4-6-14(17)7-5-13/h2-9H,10-11H2,1H3. The van der Waals surface area contributed by atoms with Gasteiger partial charge >= 0.3 is 0 Å². The van der Waals surface area contributed by atoms with Crippen LogP contribution in [0.25, 0.3) is 0 Å². The summed E-state index contributed by atoms with van der Waals surface area (Å²) in [5, 5.41) is 0. The highest BCUT2D eigenvalue weighted by molar-refractivity contribution is 9.10. The maximum atomic E-state index is 12.8. The lowest BCUT2D eigenvalue weighted by Crippen LogP contribution is -2.25. The van der Waals surface area contributed by atoms with E-state index in [0.29, 0.717) is 18.7 Å². The first-order chi connectivity index (χ1) is 9.54. The molecule has 2 rings (SSSR count). The normalized spacial score (nSPS) is 10.8. The van der Waals surface area contributed by atoms with E-state index >= 15 is 0 Å². The molecule has 0 radical (unpaired) electrons. The fourth-order valence-electron chi connectivity index (χ4n) is 1.93. The van der Waals surface area contributed by atoms with Crippen molar-refractivity contribution in [2.45, 2.75) is 6.54 Å². The first-order valence-corrected chi connectivity index (χ1v) is 7.05. The van der Waals surface area contributed by atoms with Gasteiger partial charge in [-0.3, -0.25) is 9.69 Å². The van der Waals surface area contributed by atoms with Crippen molar-refractivity contribution >= 4 is 21.7 Å². The predicted molar refractivity (Wildman–Crippen MR) is 81.2 cm³/mol. The van der Waals surface area contributed by atoms with Crippen molar-refractivity contribution in [3.05, 3.63) is 69.9 Å². The van der Waals surface area contributed by atoms with Crippen LogP contribution in [0.3, 0.4) is 0 Å². The maximum absolute atomic E-state index is 12.8. The molecule has 0 aliphatic carbocycles. The van der Waals surface area contributed by atoms with E-state index in [0.717, 1.165) is 10.0 Å². The van der Waals surface area contributed by atoms with Crippen LogP contribution >= 0.6 is 15.9 Å². The number of carbonyl (C=O) groups is 1. The molecule has 2 aromatic carbocycles. The van der Waals surface area contributed by atoms with Gasteiger partial charge in [0, 0.05) is 16.6 Å². The molecule has 0 fully saturated rings. The lowest BCUT2D eigenvalue weighted by molar-refractivity contribution is 0.0943. The Hall–Kier alpha value is -1.52. The fourth-order valence-corrected chi connectivity index (χ4v) is 2.19. The van der Waals surface area contributed by atoms with Crippen molar-refractivity contribution in [3.63, 3.8) is 0 Å². The van der Waals surface area contributed by atoms with Crippen LogP contribution in [0, 0.1) is 5.82 Å². The molecule has 0 unspecified atom stereocenters. The highest BCUT2D eigenvalue weighted by Gasteiger charge is 2.09. The van der Waals surface area contributed by atoms with E-state index < -0.39 is 0 Å². The van der Waals surface area contributed by atoms with Crippen LogP contribution in [0.1, 0.15) is 15.9 Å². The van der Waals surface area contributed by atoms with Gasteiger partial charge in [0.2, 0.25) is 0 Å². The van der Waals surface area contributed by atoms with Gasteiger partial charge in [-0.2, -0.15) is 0 Å². The lowest BCUT2D eigenvalue weighted by atomic mass is 10.1.